The molecule has 3 rings (SSSR count). The normalized spacial score (nSPS) is 20.5. The molecule has 2 heterocycles. The van der Waals surface area contributed by atoms with Gasteiger partial charge in [-0.15, -0.1) is 0 Å². The summed E-state index contributed by atoms with van der Waals surface area (Å²) in [7, 11) is 0. The SMILES string of the molecule is CCOCC[C@]1(CCc2ccccc2)CCN(Cc2ccc(C)nc2)C1. The number of ether oxygens (including phenoxy) is 1. The van der Waals surface area contributed by atoms with E-state index in [1.165, 1.54) is 37.1 Å². The zero-order valence-corrected chi connectivity index (χ0v) is 16.3. The predicted molar refractivity (Wildman–Crippen MR) is 107 cm³/mol. The average Bonchev–Trinajstić information content (AvgIpc) is 3.06. The summed E-state index contributed by atoms with van der Waals surface area (Å²) >= 11 is 0. The number of likely N-dealkylation sites (tertiary alicyclic amines) is 1. The number of aromatic nitrogens is 1. The van der Waals surface area contributed by atoms with E-state index in [4.69, 9.17) is 4.74 Å². The van der Waals surface area contributed by atoms with Crippen LogP contribution in [0.25, 0.3) is 0 Å². The Hall–Kier alpha value is -1.71. The van der Waals surface area contributed by atoms with Gasteiger partial charge in [0.1, 0.15) is 0 Å². The molecular formula is C23H32N2O. The van der Waals surface area contributed by atoms with E-state index in [1.54, 1.807) is 0 Å². The Morgan fingerprint density at radius 2 is 1.92 bits per heavy atom. The van der Waals surface area contributed by atoms with E-state index in [0.717, 1.165) is 38.3 Å². The van der Waals surface area contributed by atoms with Crippen LogP contribution < -0.4 is 0 Å². The van der Waals surface area contributed by atoms with E-state index in [0.29, 0.717) is 5.41 Å². The van der Waals surface area contributed by atoms with Gasteiger partial charge in [-0.2, -0.15) is 0 Å². The van der Waals surface area contributed by atoms with Crippen LogP contribution in [-0.2, 0) is 17.7 Å². The Morgan fingerprint density at radius 1 is 1.08 bits per heavy atom. The van der Waals surface area contributed by atoms with E-state index in [9.17, 15) is 0 Å². The van der Waals surface area contributed by atoms with Crippen LogP contribution in [0, 0.1) is 12.3 Å². The van der Waals surface area contributed by atoms with Gasteiger partial charge in [0.2, 0.25) is 0 Å². The highest BCUT2D eigenvalue weighted by Crippen LogP contribution is 2.39. The Balaban J connectivity index is 1.61. The molecule has 2 aromatic rings. The largest absolute Gasteiger partial charge is 0.382 e. The predicted octanol–water partition coefficient (Wildman–Crippen LogP) is 4.64. The molecule has 0 amide bonds. The molecule has 0 radical (unpaired) electrons. The molecular weight excluding hydrogens is 320 g/mol. The van der Waals surface area contributed by atoms with E-state index in [-0.39, 0.29) is 0 Å². The van der Waals surface area contributed by atoms with Gasteiger partial charge in [-0.1, -0.05) is 36.4 Å². The van der Waals surface area contributed by atoms with Crippen molar-refractivity contribution in [1.29, 1.82) is 0 Å². The number of hydrogen-bond acceptors (Lipinski definition) is 3. The van der Waals surface area contributed by atoms with Crippen LogP contribution in [0.5, 0.6) is 0 Å². The first-order valence-electron chi connectivity index (χ1n) is 9.95. The smallest absolute Gasteiger partial charge is 0.0471 e. The van der Waals surface area contributed by atoms with Gasteiger partial charge >= 0.3 is 0 Å². The molecule has 0 N–H and O–H groups in total. The van der Waals surface area contributed by atoms with Crippen molar-refractivity contribution in [2.75, 3.05) is 26.3 Å². The van der Waals surface area contributed by atoms with Crippen molar-refractivity contribution in [3.63, 3.8) is 0 Å². The highest BCUT2D eigenvalue weighted by molar-refractivity contribution is 5.16. The quantitative estimate of drug-likeness (QED) is 0.615. The Labute approximate surface area is 158 Å². The molecule has 26 heavy (non-hydrogen) atoms. The van der Waals surface area contributed by atoms with Crippen LogP contribution in [0.15, 0.2) is 48.7 Å². The zero-order valence-electron chi connectivity index (χ0n) is 16.3. The summed E-state index contributed by atoms with van der Waals surface area (Å²) in [5, 5.41) is 0. The summed E-state index contributed by atoms with van der Waals surface area (Å²) in [4.78, 5) is 7.05. The van der Waals surface area contributed by atoms with Gasteiger partial charge in [0.25, 0.3) is 0 Å². The first-order chi connectivity index (χ1) is 12.7. The number of aryl methyl sites for hydroxylation is 2. The van der Waals surface area contributed by atoms with Crippen molar-refractivity contribution < 1.29 is 4.74 Å². The lowest BCUT2D eigenvalue weighted by atomic mass is 9.78. The van der Waals surface area contributed by atoms with E-state index in [1.807, 2.05) is 13.1 Å². The summed E-state index contributed by atoms with van der Waals surface area (Å²) in [5.41, 5.74) is 4.23. The minimum absolute atomic E-state index is 0.378. The van der Waals surface area contributed by atoms with Gasteiger partial charge in [0.05, 0.1) is 0 Å². The van der Waals surface area contributed by atoms with Crippen molar-refractivity contribution in [2.24, 2.45) is 5.41 Å². The summed E-state index contributed by atoms with van der Waals surface area (Å²) < 4.78 is 5.71. The summed E-state index contributed by atoms with van der Waals surface area (Å²) in [5.74, 6) is 0. The van der Waals surface area contributed by atoms with Crippen LogP contribution in [0.1, 0.15) is 43.0 Å². The van der Waals surface area contributed by atoms with Gasteiger partial charge in [-0.3, -0.25) is 9.88 Å². The molecule has 1 fully saturated rings. The van der Waals surface area contributed by atoms with Crippen LogP contribution >= 0.6 is 0 Å². The maximum atomic E-state index is 5.71. The molecule has 3 heteroatoms. The molecule has 0 unspecified atom stereocenters. The van der Waals surface area contributed by atoms with Crippen molar-refractivity contribution in [3.8, 4) is 0 Å². The van der Waals surface area contributed by atoms with Gasteiger partial charge < -0.3 is 4.74 Å². The minimum Gasteiger partial charge on any atom is -0.382 e. The Kier molecular flexibility index (Phi) is 6.81. The van der Waals surface area contributed by atoms with Gasteiger partial charge in [-0.25, -0.2) is 0 Å². The fourth-order valence-electron chi connectivity index (χ4n) is 4.03. The third kappa shape index (κ3) is 5.39. The van der Waals surface area contributed by atoms with Crippen LogP contribution in [0.2, 0.25) is 0 Å². The lowest BCUT2D eigenvalue weighted by molar-refractivity contribution is 0.0988. The first-order valence-corrected chi connectivity index (χ1v) is 9.95. The van der Waals surface area contributed by atoms with Crippen LogP contribution in [0.4, 0.5) is 0 Å². The van der Waals surface area contributed by atoms with Crippen molar-refractivity contribution in [2.45, 2.75) is 46.1 Å². The van der Waals surface area contributed by atoms with E-state index >= 15 is 0 Å². The second-order valence-electron chi connectivity index (χ2n) is 7.70. The Morgan fingerprint density at radius 3 is 2.65 bits per heavy atom. The fourth-order valence-corrected chi connectivity index (χ4v) is 4.03. The molecule has 1 aliphatic rings. The highest BCUT2D eigenvalue weighted by Gasteiger charge is 2.37. The third-order valence-corrected chi connectivity index (χ3v) is 5.66. The molecule has 0 spiro atoms. The zero-order chi connectivity index (χ0) is 18.2. The van der Waals surface area contributed by atoms with Gasteiger partial charge in [-0.05, 0) is 68.7 Å². The lowest BCUT2D eigenvalue weighted by Crippen LogP contribution is -2.29. The van der Waals surface area contributed by atoms with E-state index < -0.39 is 0 Å². The maximum Gasteiger partial charge on any atom is 0.0471 e. The lowest BCUT2D eigenvalue weighted by Gasteiger charge is -2.30. The fraction of sp³-hybridized carbons (Fsp3) is 0.522. The molecule has 0 saturated carbocycles. The van der Waals surface area contributed by atoms with E-state index in [2.05, 4.69) is 59.3 Å². The molecule has 1 aromatic heterocycles. The topological polar surface area (TPSA) is 25.4 Å². The second kappa shape index (κ2) is 9.29. The average molecular weight is 353 g/mol. The van der Waals surface area contributed by atoms with Crippen LogP contribution in [0.3, 0.4) is 0 Å². The molecule has 0 bridgehead atoms. The number of hydrogen-bond donors (Lipinski definition) is 0. The van der Waals surface area contributed by atoms with Crippen molar-refractivity contribution in [3.05, 3.63) is 65.5 Å². The summed E-state index contributed by atoms with van der Waals surface area (Å²) in [6.45, 7) is 9.17. The molecule has 1 aromatic carbocycles. The maximum absolute atomic E-state index is 5.71. The summed E-state index contributed by atoms with van der Waals surface area (Å²) in [6, 6.07) is 15.2. The number of pyridine rings is 1. The second-order valence-corrected chi connectivity index (χ2v) is 7.70. The molecule has 1 saturated heterocycles. The molecule has 140 valence electrons. The monoisotopic (exact) mass is 352 g/mol. The Bertz CT molecular complexity index is 656. The molecule has 1 aliphatic heterocycles. The highest BCUT2D eigenvalue weighted by atomic mass is 16.5. The first kappa shape index (κ1) is 19.1. The molecule has 1 atom stereocenters. The van der Waals surface area contributed by atoms with Gasteiger partial charge in [0.15, 0.2) is 0 Å². The molecule has 0 aliphatic carbocycles. The number of rotatable bonds is 9. The molecule has 3 nitrogen and oxygen atoms in total. The van der Waals surface area contributed by atoms with Crippen molar-refractivity contribution in [1.82, 2.24) is 9.88 Å². The van der Waals surface area contributed by atoms with Crippen molar-refractivity contribution >= 4 is 0 Å². The summed E-state index contributed by atoms with van der Waals surface area (Å²) in [6.07, 6.45) is 6.86. The van der Waals surface area contributed by atoms with Gasteiger partial charge in [0, 0.05) is 38.2 Å². The van der Waals surface area contributed by atoms with Crippen LogP contribution in [-0.4, -0.2) is 36.2 Å². The minimum atomic E-state index is 0.378. The standard InChI is InChI=1S/C23H32N2O/c1-3-26-16-14-23(12-11-21-7-5-4-6-8-21)13-15-25(19-23)18-22-10-9-20(2)24-17-22/h4-10,17H,3,11-16,18-19H2,1-2H3/t23-/m0/s1. The third-order valence-electron chi connectivity index (χ3n) is 5.66. The number of nitrogens with zero attached hydrogens (tertiary/aromatic N) is 2. The number of benzene rings is 1.